The van der Waals surface area contributed by atoms with Crippen molar-refractivity contribution in [3.05, 3.63) is 17.6 Å². The minimum absolute atomic E-state index is 0.0496. The molecule has 1 heterocycles. The van der Waals surface area contributed by atoms with Crippen molar-refractivity contribution in [2.45, 2.75) is 31.1 Å². The lowest BCUT2D eigenvalue weighted by Gasteiger charge is -2.04. The molecule has 2 N–H and O–H groups in total. The molecule has 19 heavy (non-hydrogen) atoms. The zero-order valence-electron chi connectivity index (χ0n) is 10.5. The molecule has 0 radical (unpaired) electrons. The summed E-state index contributed by atoms with van der Waals surface area (Å²) in [6.07, 6.45) is 7.02. The molecular formula is C12H15NO5S. The van der Waals surface area contributed by atoms with Crippen molar-refractivity contribution in [2.75, 3.05) is 6.54 Å². The number of nitrogens with one attached hydrogen (secondary N) is 1. The van der Waals surface area contributed by atoms with Gasteiger partial charge in [0.2, 0.25) is 15.8 Å². The second kappa shape index (κ2) is 6.41. The molecular weight excluding hydrogens is 270 g/mol. The molecule has 0 saturated heterocycles. The summed E-state index contributed by atoms with van der Waals surface area (Å²) < 4.78 is 31.1. The first-order chi connectivity index (χ1) is 8.88. The van der Waals surface area contributed by atoms with E-state index >= 15 is 0 Å². The fourth-order valence-corrected chi connectivity index (χ4v) is 2.72. The van der Waals surface area contributed by atoms with E-state index in [0.717, 1.165) is 12.5 Å². The Hall–Kier alpha value is -1.78. The topological polar surface area (TPSA) is 96.6 Å². The Morgan fingerprint density at radius 2 is 2.21 bits per heavy atom. The first kappa shape index (κ1) is 15.3. The third-order valence-corrected chi connectivity index (χ3v) is 3.98. The number of carboxylic acid groups (broad SMARTS) is 1. The van der Waals surface area contributed by atoms with E-state index in [9.17, 15) is 13.2 Å². The number of rotatable bonds is 7. The van der Waals surface area contributed by atoms with Crippen LogP contribution < -0.4 is 4.72 Å². The first-order valence-electron chi connectivity index (χ1n) is 5.65. The Morgan fingerprint density at radius 3 is 2.74 bits per heavy atom. The number of carbonyl (C=O) groups is 1. The van der Waals surface area contributed by atoms with E-state index in [1.807, 2.05) is 0 Å². The van der Waals surface area contributed by atoms with Gasteiger partial charge in [-0.3, -0.25) is 0 Å². The number of terminal acetylenes is 1. The van der Waals surface area contributed by atoms with E-state index in [1.165, 1.54) is 6.92 Å². The number of hydrogen-bond acceptors (Lipinski definition) is 4. The zero-order chi connectivity index (χ0) is 14.5. The van der Waals surface area contributed by atoms with Gasteiger partial charge in [0.25, 0.3) is 0 Å². The van der Waals surface area contributed by atoms with E-state index in [2.05, 4.69) is 10.6 Å². The summed E-state index contributed by atoms with van der Waals surface area (Å²) in [6.45, 7) is 1.65. The predicted octanol–water partition coefficient (Wildman–Crippen LogP) is 1.37. The van der Waals surface area contributed by atoms with Crippen LogP contribution in [0.15, 0.2) is 15.4 Å². The summed E-state index contributed by atoms with van der Waals surface area (Å²) in [4.78, 5) is 10.5. The molecule has 0 unspecified atom stereocenters. The van der Waals surface area contributed by atoms with Crippen LogP contribution in [0.25, 0.3) is 0 Å². The Labute approximate surface area is 111 Å². The molecule has 0 aliphatic carbocycles. The van der Waals surface area contributed by atoms with Crippen LogP contribution in [0, 0.1) is 19.3 Å². The molecule has 0 amide bonds. The highest BCUT2D eigenvalue weighted by Crippen LogP contribution is 2.19. The Bertz CT molecular complexity index is 594. The Balaban J connectivity index is 2.72. The molecule has 0 aliphatic heterocycles. The molecule has 0 atom stereocenters. The average molecular weight is 285 g/mol. The Morgan fingerprint density at radius 1 is 1.53 bits per heavy atom. The maximum Gasteiger partial charge on any atom is 0.371 e. The summed E-state index contributed by atoms with van der Waals surface area (Å²) in [5.74, 6) is 0.809. The molecule has 0 aliphatic rings. The average Bonchev–Trinajstić information content (AvgIpc) is 2.72. The molecule has 0 spiro atoms. The fraction of sp³-hybridized carbons (Fsp3) is 0.417. The van der Waals surface area contributed by atoms with Crippen LogP contribution in [0.5, 0.6) is 0 Å². The Kier molecular flexibility index (Phi) is 5.15. The molecule has 7 heteroatoms. The van der Waals surface area contributed by atoms with E-state index in [1.54, 1.807) is 0 Å². The molecule has 6 nitrogen and oxygen atoms in total. The predicted molar refractivity (Wildman–Crippen MR) is 68.3 cm³/mol. The van der Waals surface area contributed by atoms with Crippen LogP contribution in [-0.2, 0) is 10.0 Å². The number of unbranched alkanes of at least 4 members (excludes halogenated alkanes) is 2. The molecule has 1 rings (SSSR count). The molecule has 0 fully saturated rings. The van der Waals surface area contributed by atoms with Crippen molar-refractivity contribution in [2.24, 2.45) is 0 Å². The van der Waals surface area contributed by atoms with Crippen LogP contribution in [0.2, 0.25) is 0 Å². The molecule has 1 aromatic heterocycles. The summed E-state index contributed by atoms with van der Waals surface area (Å²) in [6, 6.07) is 1.00. The maximum atomic E-state index is 11.9. The van der Waals surface area contributed by atoms with Crippen molar-refractivity contribution in [3.63, 3.8) is 0 Å². The zero-order valence-corrected chi connectivity index (χ0v) is 11.3. The normalized spacial score (nSPS) is 11.2. The summed E-state index contributed by atoms with van der Waals surface area (Å²) in [7, 11) is -3.75. The third-order valence-electron chi connectivity index (χ3n) is 2.41. The smallest absolute Gasteiger partial charge is 0.371 e. The van der Waals surface area contributed by atoms with E-state index < -0.39 is 21.8 Å². The van der Waals surface area contributed by atoms with Gasteiger partial charge in [-0.25, -0.2) is 17.9 Å². The standard InChI is InChI=1S/C12H15NO5S/c1-3-4-5-6-7-13-19(16,17)11-8-10(12(14)15)18-9(11)2/h1,8,13H,4-7H2,2H3,(H,14,15). The number of furan rings is 1. The van der Waals surface area contributed by atoms with E-state index in [-0.39, 0.29) is 17.2 Å². The van der Waals surface area contributed by atoms with E-state index in [4.69, 9.17) is 15.9 Å². The minimum atomic E-state index is -3.75. The van der Waals surface area contributed by atoms with Gasteiger partial charge in [-0.1, -0.05) is 0 Å². The largest absolute Gasteiger partial charge is 0.475 e. The van der Waals surface area contributed by atoms with Crippen LogP contribution >= 0.6 is 0 Å². The number of hydrogen-bond donors (Lipinski definition) is 2. The SMILES string of the molecule is C#CCCCCNS(=O)(=O)c1cc(C(=O)O)oc1C. The van der Waals surface area contributed by atoms with Crippen molar-refractivity contribution < 1.29 is 22.7 Å². The van der Waals surface area contributed by atoms with Crippen LogP contribution in [0.1, 0.15) is 35.6 Å². The van der Waals surface area contributed by atoms with Gasteiger partial charge >= 0.3 is 5.97 Å². The van der Waals surface area contributed by atoms with Gasteiger partial charge in [0.1, 0.15) is 10.7 Å². The lowest BCUT2D eigenvalue weighted by Crippen LogP contribution is -2.25. The molecule has 0 saturated carbocycles. The highest BCUT2D eigenvalue weighted by atomic mass is 32.2. The van der Waals surface area contributed by atoms with Crippen molar-refractivity contribution >= 4 is 16.0 Å². The summed E-state index contributed by atoms with van der Waals surface area (Å²) in [5.41, 5.74) is 0. The second-order valence-corrected chi connectivity index (χ2v) is 5.63. The minimum Gasteiger partial charge on any atom is -0.475 e. The highest BCUT2D eigenvalue weighted by Gasteiger charge is 2.23. The summed E-state index contributed by atoms with van der Waals surface area (Å²) >= 11 is 0. The lowest BCUT2D eigenvalue weighted by molar-refractivity contribution is 0.0661. The third kappa shape index (κ3) is 4.12. The number of aryl methyl sites for hydroxylation is 1. The van der Waals surface area contributed by atoms with Crippen molar-refractivity contribution in [1.82, 2.24) is 4.72 Å². The van der Waals surface area contributed by atoms with Gasteiger partial charge in [-0.2, -0.15) is 0 Å². The van der Waals surface area contributed by atoms with Gasteiger partial charge in [0, 0.05) is 19.0 Å². The quantitative estimate of drug-likeness (QED) is 0.582. The van der Waals surface area contributed by atoms with Gasteiger partial charge in [0.05, 0.1) is 0 Å². The van der Waals surface area contributed by atoms with Gasteiger partial charge < -0.3 is 9.52 Å². The number of sulfonamides is 1. The van der Waals surface area contributed by atoms with Crippen LogP contribution in [0.4, 0.5) is 0 Å². The summed E-state index contributed by atoms with van der Waals surface area (Å²) in [5, 5.41) is 8.73. The van der Waals surface area contributed by atoms with Crippen LogP contribution in [0.3, 0.4) is 0 Å². The number of carboxylic acids is 1. The number of aromatic carboxylic acids is 1. The van der Waals surface area contributed by atoms with Gasteiger partial charge in [-0.15, -0.1) is 12.3 Å². The molecule has 0 bridgehead atoms. The van der Waals surface area contributed by atoms with Gasteiger partial charge in [0.15, 0.2) is 0 Å². The van der Waals surface area contributed by atoms with Crippen molar-refractivity contribution in [1.29, 1.82) is 0 Å². The van der Waals surface area contributed by atoms with Crippen LogP contribution in [-0.4, -0.2) is 26.0 Å². The second-order valence-electron chi connectivity index (χ2n) is 3.90. The molecule has 104 valence electrons. The van der Waals surface area contributed by atoms with E-state index in [0.29, 0.717) is 12.8 Å². The first-order valence-corrected chi connectivity index (χ1v) is 7.13. The highest BCUT2D eigenvalue weighted by molar-refractivity contribution is 7.89. The van der Waals surface area contributed by atoms with Gasteiger partial charge in [-0.05, 0) is 19.8 Å². The van der Waals surface area contributed by atoms with Crippen molar-refractivity contribution in [3.8, 4) is 12.3 Å². The monoisotopic (exact) mass is 285 g/mol. The molecule has 1 aromatic rings. The fourth-order valence-electron chi connectivity index (χ4n) is 1.47. The molecule has 0 aromatic carbocycles. The maximum absolute atomic E-state index is 11.9. The lowest BCUT2D eigenvalue weighted by atomic mass is 10.2.